The van der Waals surface area contributed by atoms with E-state index < -0.39 is 5.97 Å². The molecule has 2 N–H and O–H groups in total. The van der Waals surface area contributed by atoms with Crippen LogP contribution in [0.15, 0.2) is 65.7 Å². The quantitative estimate of drug-likeness (QED) is 0.462. The van der Waals surface area contributed by atoms with Crippen molar-refractivity contribution in [3.05, 3.63) is 66.4 Å². The highest BCUT2D eigenvalue weighted by molar-refractivity contribution is 8.00. The monoisotopic (exact) mass is 382 g/mol. The molecule has 0 bridgehead atoms. The molecule has 5 nitrogen and oxygen atoms in total. The summed E-state index contributed by atoms with van der Waals surface area (Å²) < 4.78 is 5.12. The van der Waals surface area contributed by atoms with Crippen LogP contribution in [0, 0.1) is 0 Å². The minimum Gasteiger partial charge on any atom is -0.455 e. The lowest BCUT2D eigenvalue weighted by molar-refractivity contribution is -0.147. The normalized spacial score (nSPS) is 11.9. The summed E-state index contributed by atoms with van der Waals surface area (Å²) in [5.41, 5.74) is 2.23. The number of esters is 1. The molecular formula is C21H22N2O3S. The van der Waals surface area contributed by atoms with Crippen LogP contribution in [0.3, 0.4) is 0 Å². The van der Waals surface area contributed by atoms with Gasteiger partial charge in [-0.1, -0.05) is 36.4 Å². The molecule has 1 aromatic heterocycles. The number of benzene rings is 2. The Balaban J connectivity index is 1.38. The standard InChI is InChI=1S/C21H22N2O3S/c1-15(27-17-7-3-2-4-8-17)21(25)26-14-20(24)22-12-11-16-13-23-19-10-6-5-9-18(16)19/h2-10,13,15,23H,11-12,14H2,1H3,(H,22,24)/t15-/m1/s1. The maximum atomic E-state index is 12.0. The van der Waals surface area contributed by atoms with Gasteiger partial charge in [0, 0.05) is 28.5 Å². The number of amides is 1. The number of aromatic nitrogens is 1. The van der Waals surface area contributed by atoms with E-state index in [9.17, 15) is 9.59 Å². The van der Waals surface area contributed by atoms with E-state index in [4.69, 9.17) is 4.74 Å². The van der Waals surface area contributed by atoms with E-state index in [0.717, 1.165) is 21.4 Å². The van der Waals surface area contributed by atoms with E-state index >= 15 is 0 Å². The molecule has 0 aliphatic heterocycles. The van der Waals surface area contributed by atoms with Crippen LogP contribution in [0.2, 0.25) is 0 Å². The van der Waals surface area contributed by atoms with Crippen LogP contribution in [0.1, 0.15) is 12.5 Å². The number of thioether (sulfide) groups is 1. The van der Waals surface area contributed by atoms with Gasteiger partial charge in [-0.2, -0.15) is 0 Å². The Morgan fingerprint density at radius 3 is 2.67 bits per heavy atom. The predicted octanol–water partition coefficient (Wildman–Crippen LogP) is 3.55. The third-order valence-electron chi connectivity index (χ3n) is 4.12. The third kappa shape index (κ3) is 5.37. The number of nitrogens with one attached hydrogen (secondary N) is 2. The van der Waals surface area contributed by atoms with E-state index in [1.807, 2.05) is 54.7 Å². The fourth-order valence-electron chi connectivity index (χ4n) is 2.73. The number of carbonyl (C=O) groups is 2. The molecule has 27 heavy (non-hydrogen) atoms. The smallest absolute Gasteiger partial charge is 0.319 e. The summed E-state index contributed by atoms with van der Waals surface area (Å²) in [7, 11) is 0. The average Bonchev–Trinajstić information content (AvgIpc) is 3.10. The molecule has 0 fully saturated rings. The Kier molecular flexibility index (Phi) is 6.54. The molecule has 6 heteroatoms. The Morgan fingerprint density at radius 1 is 1.11 bits per heavy atom. The molecule has 1 atom stereocenters. The molecule has 0 saturated heterocycles. The molecule has 1 heterocycles. The van der Waals surface area contributed by atoms with E-state index in [-0.39, 0.29) is 17.8 Å². The summed E-state index contributed by atoms with van der Waals surface area (Å²) in [5.74, 6) is -0.685. The van der Waals surface area contributed by atoms with Crippen LogP contribution in [-0.4, -0.2) is 35.3 Å². The topological polar surface area (TPSA) is 71.2 Å². The zero-order valence-electron chi connectivity index (χ0n) is 15.1. The van der Waals surface area contributed by atoms with Gasteiger partial charge in [-0.05, 0) is 37.1 Å². The molecule has 140 valence electrons. The third-order valence-corrected chi connectivity index (χ3v) is 5.22. The van der Waals surface area contributed by atoms with Gasteiger partial charge in [-0.3, -0.25) is 9.59 Å². The lowest BCUT2D eigenvalue weighted by atomic mass is 10.1. The molecule has 1 amide bonds. The van der Waals surface area contributed by atoms with Crippen molar-refractivity contribution >= 4 is 34.5 Å². The van der Waals surface area contributed by atoms with Gasteiger partial charge in [0.25, 0.3) is 5.91 Å². The minimum absolute atomic E-state index is 0.258. The second kappa shape index (κ2) is 9.28. The predicted molar refractivity (Wildman–Crippen MR) is 108 cm³/mol. The summed E-state index contributed by atoms with van der Waals surface area (Å²) in [6, 6.07) is 17.7. The van der Waals surface area contributed by atoms with Gasteiger partial charge >= 0.3 is 5.97 Å². The van der Waals surface area contributed by atoms with Crippen LogP contribution >= 0.6 is 11.8 Å². The van der Waals surface area contributed by atoms with Crippen molar-refractivity contribution in [1.29, 1.82) is 0 Å². The highest BCUT2D eigenvalue weighted by atomic mass is 32.2. The number of rotatable bonds is 8. The van der Waals surface area contributed by atoms with Crippen LogP contribution in [0.4, 0.5) is 0 Å². The first-order valence-electron chi connectivity index (χ1n) is 8.83. The largest absolute Gasteiger partial charge is 0.455 e. The van der Waals surface area contributed by atoms with E-state index in [1.165, 1.54) is 11.8 Å². The summed E-state index contributed by atoms with van der Waals surface area (Å²) in [5, 5.41) is 3.58. The lowest BCUT2D eigenvalue weighted by Crippen LogP contribution is -2.31. The molecule has 3 rings (SSSR count). The highest BCUT2D eigenvalue weighted by Gasteiger charge is 2.17. The average molecular weight is 382 g/mol. The summed E-state index contributed by atoms with van der Waals surface area (Å²) in [6.07, 6.45) is 2.67. The number of hydrogen-bond acceptors (Lipinski definition) is 4. The number of hydrogen-bond donors (Lipinski definition) is 2. The van der Waals surface area contributed by atoms with Crippen molar-refractivity contribution in [2.75, 3.05) is 13.2 Å². The maximum absolute atomic E-state index is 12.0. The number of H-pyrrole nitrogens is 1. The van der Waals surface area contributed by atoms with Crippen molar-refractivity contribution in [1.82, 2.24) is 10.3 Å². The second-order valence-corrected chi connectivity index (χ2v) is 7.55. The van der Waals surface area contributed by atoms with Crippen LogP contribution < -0.4 is 5.32 Å². The Labute approximate surface area is 162 Å². The number of fused-ring (bicyclic) bond motifs is 1. The van der Waals surface area contributed by atoms with E-state index in [2.05, 4.69) is 16.4 Å². The van der Waals surface area contributed by atoms with Gasteiger partial charge in [0.15, 0.2) is 6.61 Å². The van der Waals surface area contributed by atoms with Crippen molar-refractivity contribution < 1.29 is 14.3 Å². The first kappa shape index (κ1) is 19.0. The van der Waals surface area contributed by atoms with Crippen molar-refractivity contribution in [3.8, 4) is 0 Å². The molecule has 0 aliphatic rings. The molecule has 0 aliphatic carbocycles. The first-order valence-corrected chi connectivity index (χ1v) is 9.71. The maximum Gasteiger partial charge on any atom is 0.319 e. The van der Waals surface area contributed by atoms with Crippen molar-refractivity contribution in [3.63, 3.8) is 0 Å². The molecule has 0 radical (unpaired) electrons. The van der Waals surface area contributed by atoms with Crippen LogP contribution in [0.5, 0.6) is 0 Å². The first-order chi connectivity index (χ1) is 13.1. The van der Waals surface area contributed by atoms with Gasteiger partial charge in [0.05, 0.1) is 0 Å². The summed E-state index contributed by atoms with van der Waals surface area (Å²) >= 11 is 1.41. The second-order valence-electron chi connectivity index (χ2n) is 6.14. The van der Waals surface area contributed by atoms with E-state index in [0.29, 0.717) is 13.0 Å². The SMILES string of the molecule is C[C@@H](Sc1ccccc1)C(=O)OCC(=O)NCCc1c[nH]c2ccccc12. The van der Waals surface area contributed by atoms with Gasteiger partial charge < -0.3 is 15.0 Å². The number of para-hydroxylation sites is 1. The fourth-order valence-corrected chi connectivity index (χ4v) is 3.62. The highest BCUT2D eigenvalue weighted by Crippen LogP contribution is 2.23. The van der Waals surface area contributed by atoms with Gasteiger partial charge in [0.2, 0.25) is 0 Å². The molecule has 0 spiro atoms. The van der Waals surface area contributed by atoms with Gasteiger partial charge in [-0.15, -0.1) is 11.8 Å². The molecule has 0 saturated carbocycles. The number of ether oxygens (including phenoxy) is 1. The molecular weight excluding hydrogens is 360 g/mol. The van der Waals surface area contributed by atoms with Crippen molar-refractivity contribution in [2.45, 2.75) is 23.5 Å². The summed E-state index contributed by atoms with van der Waals surface area (Å²) in [4.78, 5) is 28.2. The van der Waals surface area contributed by atoms with Gasteiger partial charge in [-0.25, -0.2) is 0 Å². The zero-order valence-corrected chi connectivity index (χ0v) is 15.9. The Bertz CT molecular complexity index is 908. The molecule has 3 aromatic rings. The number of carbonyl (C=O) groups excluding carboxylic acids is 2. The molecule has 2 aromatic carbocycles. The van der Waals surface area contributed by atoms with Crippen LogP contribution in [0.25, 0.3) is 10.9 Å². The fraction of sp³-hybridized carbons (Fsp3) is 0.238. The van der Waals surface area contributed by atoms with Crippen molar-refractivity contribution in [2.24, 2.45) is 0 Å². The van der Waals surface area contributed by atoms with Gasteiger partial charge in [0.1, 0.15) is 5.25 Å². The summed E-state index contributed by atoms with van der Waals surface area (Å²) in [6.45, 7) is 2.01. The lowest BCUT2D eigenvalue weighted by Gasteiger charge is -2.11. The molecule has 0 unspecified atom stereocenters. The zero-order chi connectivity index (χ0) is 19.1. The Hall–Kier alpha value is -2.73. The Morgan fingerprint density at radius 2 is 1.85 bits per heavy atom. The minimum atomic E-state index is -0.393. The van der Waals surface area contributed by atoms with Crippen LogP contribution in [-0.2, 0) is 20.7 Å². The van der Waals surface area contributed by atoms with E-state index in [1.54, 1.807) is 6.92 Å². The number of aromatic amines is 1.